The van der Waals surface area contributed by atoms with Crippen molar-refractivity contribution in [1.29, 1.82) is 0 Å². The summed E-state index contributed by atoms with van der Waals surface area (Å²) in [6, 6.07) is 6.68. The molecule has 0 spiro atoms. The van der Waals surface area contributed by atoms with Crippen LogP contribution in [-0.4, -0.2) is 0 Å². The van der Waals surface area contributed by atoms with Gasteiger partial charge in [-0.15, -0.1) is 0 Å². The van der Waals surface area contributed by atoms with E-state index in [-0.39, 0.29) is 0 Å². The van der Waals surface area contributed by atoms with Crippen molar-refractivity contribution in [3.8, 4) is 0 Å². The van der Waals surface area contributed by atoms with Crippen molar-refractivity contribution >= 4 is 11.1 Å². The van der Waals surface area contributed by atoms with Crippen LogP contribution in [0, 0.1) is 6.92 Å². The zero-order valence-electron chi connectivity index (χ0n) is 11.0. The first-order chi connectivity index (χ1) is 8.09. The van der Waals surface area contributed by atoms with Crippen LogP contribution in [0.2, 0.25) is 0 Å². The van der Waals surface area contributed by atoms with E-state index in [4.69, 9.17) is 0 Å². The minimum atomic E-state index is 1.14. The van der Waals surface area contributed by atoms with Gasteiger partial charge in [-0.3, -0.25) is 0 Å². The second-order valence-electron chi connectivity index (χ2n) is 4.89. The molecule has 0 aliphatic heterocycles. The monoisotopic (exact) mass is 224 g/mol. The summed E-state index contributed by atoms with van der Waals surface area (Å²) in [6.45, 7) is 10.4. The van der Waals surface area contributed by atoms with Gasteiger partial charge in [0, 0.05) is 0 Å². The lowest BCUT2D eigenvalue weighted by Crippen LogP contribution is -1.94. The van der Waals surface area contributed by atoms with Gasteiger partial charge in [0.2, 0.25) is 0 Å². The van der Waals surface area contributed by atoms with Crippen LogP contribution < -0.4 is 0 Å². The van der Waals surface area contributed by atoms with E-state index < -0.39 is 0 Å². The summed E-state index contributed by atoms with van der Waals surface area (Å²) < 4.78 is 0. The molecular formula is C17H20. The highest BCUT2D eigenvalue weighted by Crippen LogP contribution is 2.30. The maximum absolute atomic E-state index is 4.02. The molecule has 0 atom stereocenters. The van der Waals surface area contributed by atoms with Gasteiger partial charge in [0.15, 0.2) is 0 Å². The summed E-state index contributed by atoms with van der Waals surface area (Å²) in [5, 5.41) is 0. The Morgan fingerprint density at radius 2 is 1.82 bits per heavy atom. The summed E-state index contributed by atoms with van der Waals surface area (Å²) in [4.78, 5) is 0. The zero-order chi connectivity index (χ0) is 12.4. The Hall–Kier alpha value is -1.56. The minimum absolute atomic E-state index is 1.14. The van der Waals surface area contributed by atoms with Crippen molar-refractivity contribution < 1.29 is 0 Å². The fraction of sp³-hybridized carbons (Fsp3) is 0.294. The topological polar surface area (TPSA) is 0 Å². The smallest absolute Gasteiger partial charge is 0.0182 e. The highest BCUT2D eigenvalue weighted by atomic mass is 14.1. The molecule has 1 aromatic carbocycles. The molecular weight excluding hydrogens is 204 g/mol. The van der Waals surface area contributed by atoms with Gasteiger partial charge in [-0.25, -0.2) is 0 Å². The Morgan fingerprint density at radius 3 is 2.41 bits per heavy atom. The van der Waals surface area contributed by atoms with Crippen molar-refractivity contribution in [3.63, 3.8) is 0 Å². The Kier molecular flexibility index (Phi) is 3.33. The van der Waals surface area contributed by atoms with E-state index >= 15 is 0 Å². The predicted octanol–water partition coefficient (Wildman–Crippen LogP) is 5.15. The van der Waals surface area contributed by atoms with Crippen molar-refractivity contribution in [2.45, 2.75) is 33.6 Å². The summed E-state index contributed by atoms with van der Waals surface area (Å²) >= 11 is 0. The van der Waals surface area contributed by atoms with E-state index in [0.717, 1.165) is 12.0 Å². The molecule has 0 N–H and O–H groups in total. The standard InChI is InChI=1S/C17H20/c1-12(2)16-10-9-15(11-14(16)4)17-8-6-5-7-13(17)3/h7-11H,1,5-6H2,2-4H3. The highest BCUT2D eigenvalue weighted by molar-refractivity contribution is 5.80. The summed E-state index contributed by atoms with van der Waals surface area (Å²) in [5.41, 5.74) is 7.85. The number of hydrogen-bond acceptors (Lipinski definition) is 0. The number of aryl methyl sites for hydroxylation is 1. The predicted molar refractivity (Wildman–Crippen MR) is 76.9 cm³/mol. The molecule has 1 aromatic rings. The Morgan fingerprint density at radius 1 is 1.12 bits per heavy atom. The molecule has 17 heavy (non-hydrogen) atoms. The molecule has 2 rings (SSSR count). The van der Waals surface area contributed by atoms with Gasteiger partial charge in [-0.05, 0) is 61.4 Å². The van der Waals surface area contributed by atoms with Gasteiger partial charge in [-0.1, -0.05) is 42.5 Å². The van der Waals surface area contributed by atoms with E-state index in [0.29, 0.717) is 0 Å². The fourth-order valence-corrected chi connectivity index (χ4v) is 2.45. The van der Waals surface area contributed by atoms with Gasteiger partial charge < -0.3 is 0 Å². The largest absolute Gasteiger partial charge is 0.0955 e. The first kappa shape index (κ1) is 11.9. The first-order valence-corrected chi connectivity index (χ1v) is 6.24. The van der Waals surface area contributed by atoms with Crippen molar-refractivity contribution in [3.05, 3.63) is 59.2 Å². The van der Waals surface area contributed by atoms with Crippen LogP contribution in [0.25, 0.3) is 11.1 Å². The van der Waals surface area contributed by atoms with Crippen molar-refractivity contribution in [2.24, 2.45) is 0 Å². The lowest BCUT2D eigenvalue weighted by Gasteiger charge is -2.15. The third-order valence-electron chi connectivity index (χ3n) is 3.39. The Labute approximate surface area is 104 Å². The second kappa shape index (κ2) is 4.75. The zero-order valence-corrected chi connectivity index (χ0v) is 11.0. The molecule has 0 nitrogen and oxygen atoms in total. The van der Waals surface area contributed by atoms with Crippen molar-refractivity contribution in [1.82, 2.24) is 0 Å². The number of rotatable bonds is 2. The molecule has 0 radical (unpaired) electrons. The molecule has 88 valence electrons. The van der Waals surface area contributed by atoms with Gasteiger partial charge in [-0.2, -0.15) is 0 Å². The van der Waals surface area contributed by atoms with Gasteiger partial charge in [0.1, 0.15) is 0 Å². The Bertz CT molecular complexity index is 513. The van der Waals surface area contributed by atoms with Crippen LogP contribution in [0.5, 0.6) is 0 Å². The second-order valence-corrected chi connectivity index (χ2v) is 4.89. The maximum atomic E-state index is 4.02. The summed E-state index contributed by atoms with van der Waals surface area (Å²) in [6.07, 6.45) is 7.02. The van der Waals surface area contributed by atoms with Crippen LogP contribution in [0.3, 0.4) is 0 Å². The van der Waals surface area contributed by atoms with Crippen LogP contribution in [0.4, 0.5) is 0 Å². The van der Waals surface area contributed by atoms with Crippen LogP contribution in [-0.2, 0) is 0 Å². The molecule has 0 amide bonds. The van der Waals surface area contributed by atoms with E-state index in [1.165, 1.54) is 34.3 Å². The normalized spacial score (nSPS) is 15.2. The van der Waals surface area contributed by atoms with E-state index in [9.17, 15) is 0 Å². The lowest BCUT2D eigenvalue weighted by molar-refractivity contribution is 1.02. The summed E-state index contributed by atoms with van der Waals surface area (Å²) in [7, 11) is 0. The molecule has 0 aromatic heterocycles. The van der Waals surface area contributed by atoms with E-state index in [1.54, 1.807) is 0 Å². The van der Waals surface area contributed by atoms with Crippen LogP contribution in [0.15, 0.2) is 42.5 Å². The number of benzene rings is 1. The van der Waals surface area contributed by atoms with Crippen LogP contribution >= 0.6 is 0 Å². The molecule has 0 fully saturated rings. The molecule has 0 saturated carbocycles. The molecule has 0 unspecified atom stereocenters. The molecule has 1 aliphatic rings. The molecule has 0 bridgehead atoms. The summed E-state index contributed by atoms with van der Waals surface area (Å²) in [5.74, 6) is 0. The fourth-order valence-electron chi connectivity index (χ4n) is 2.45. The molecule has 0 heteroatoms. The van der Waals surface area contributed by atoms with E-state index in [1.807, 2.05) is 0 Å². The van der Waals surface area contributed by atoms with Gasteiger partial charge in [0.05, 0.1) is 0 Å². The van der Waals surface area contributed by atoms with E-state index in [2.05, 4.69) is 57.7 Å². The van der Waals surface area contributed by atoms with Gasteiger partial charge >= 0.3 is 0 Å². The quantitative estimate of drug-likeness (QED) is 0.651. The van der Waals surface area contributed by atoms with Crippen molar-refractivity contribution in [2.75, 3.05) is 0 Å². The minimum Gasteiger partial charge on any atom is -0.0955 e. The molecule has 0 saturated heterocycles. The number of hydrogen-bond donors (Lipinski definition) is 0. The molecule has 0 heterocycles. The lowest BCUT2D eigenvalue weighted by atomic mass is 9.90. The third-order valence-corrected chi connectivity index (χ3v) is 3.39. The Balaban J connectivity index is 2.42. The van der Waals surface area contributed by atoms with Gasteiger partial charge in [0.25, 0.3) is 0 Å². The molecule has 1 aliphatic carbocycles. The first-order valence-electron chi connectivity index (χ1n) is 6.24. The third kappa shape index (κ3) is 2.41. The maximum Gasteiger partial charge on any atom is -0.0182 e. The number of allylic oxidation sites excluding steroid dienone is 5. The van der Waals surface area contributed by atoms with Crippen LogP contribution in [0.1, 0.15) is 43.4 Å². The highest BCUT2D eigenvalue weighted by Gasteiger charge is 2.08. The SMILES string of the molecule is C=C(C)c1ccc(C2=CCCC=C2C)cc1C. The average Bonchev–Trinajstić information content (AvgIpc) is 2.29. The average molecular weight is 224 g/mol.